The fourth-order valence-electron chi connectivity index (χ4n) is 3.10. The molecule has 1 amide bonds. The summed E-state index contributed by atoms with van der Waals surface area (Å²) >= 11 is 6.26. The number of nitrogens with zero attached hydrogens (tertiary/aromatic N) is 2. The first-order chi connectivity index (χ1) is 15.0. The van der Waals surface area contributed by atoms with Crippen LogP contribution in [0.25, 0.3) is 22.4 Å². The van der Waals surface area contributed by atoms with E-state index in [1.807, 2.05) is 62.4 Å². The molecule has 0 aliphatic rings. The number of rotatable bonds is 6. The first-order valence-electron chi connectivity index (χ1n) is 9.84. The van der Waals surface area contributed by atoms with E-state index in [0.29, 0.717) is 16.4 Å². The third-order valence-corrected chi connectivity index (χ3v) is 4.81. The third kappa shape index (κ3) is 4.92. The summed E-state index contributed by atoms with van der Waals surface area (Å²) in [7, 11) is 0. The average molecular weight is 433 g/mol. The molecule has 1 heterocycles. The SMILES string of the molecule is CC(C)Oc1cccc(/C=N/NC(=O)c2ccc3nc(-c4ccccc4Cl)[nH]c3c2)c1. The van der Waals surface area contributed by atoms with Crippen LogP contribution in [0.15, 0.2) is 71.8 Å². The van der Waals surface area contributed by atoms with Crippen LogP contribution in [0.1, 0.15) is 29.8 Å². The van der Waals surface area contributed by atoms with Gasteiger partial charge in [-0.1, -0.05) is 35.9 Å². The van der Waals surface area contributed by atoms with Crippen LogP contribution in [0.3, 0.4) is 0 Å². The average Bonchev–Trinajstić information content (AvgIpc) is 3.17. The van der Waals surface area contributed by atoms with Crippen LogP contribution in [0.4, 0.5) is 0 Å². The smallest absolute Gasteiger partial charge is 0.271 e. The predicted molar refractivity (Wildman–Crippen MR) is 124 cm³/mol. The Morgan fingerprint density at radius 1 is 1.13 bits per heavy atom. The summed E-state index contributed by atoms with van der Waals surface area (Å²) in [5.74, 6) is 1.09. The molecular weight excluding hydrogens is 412 g/mol. The van der Waals surface area contributed by atoms with Crippen LogP contribution in [0.2, 0.25) is 5.02 Å². The standard InChI is InChI=1S/C24H21ClN4O2/c1-15(2)31-18-7-5-6-16(12-18)14-26-29-24(30)17-10-11-21-22(13-17)28-23(27-21)19-8-3-4-9-20(19)25/h3-15H,1-2H3,(H,27,28)(H,29,30)/b26-14+. The van der Waals surface area contributed by atoms with E-state index < -0.39 is 0 Å². The van der Waals surface area contributed by atoms with E-state index in [4.69, 9.17) is 16.3 Å². The van der Waals surface area contributed by atoms with E-state index in [0.717, 1.165) is 27.9 Å². The fourth-order valence-corrected chi connectivity index (χ4v) is 3.33. The maximum Gasteiger partial charge on any atom is 0.271 e. The van der Waals surface area contributed by atoms with Crippen LogP contribution in [0, 0.1) is 0 Å². The Bertz CT molecular complexity index is 1260. The topological polar surface area (TPSA) is 79.4 Å². The molecular formula is C24H21ClN4O2. The summed E-state index contributed by atoms with van der Waals surface area (Å²) in [5, 5.41) is 4.67. The molecule has 2 N–H and O–H groups in total. The molecule has 0 fully saturated rings. The van der Waals surface area contributed by atoms with Crippen molar-refractivity contribution in [3.05, 3.63) is 82.9 Å². The van der Waals surface area contributed by atoms with Gasteiger partial charge in [0, 0.05) is 11.1 Å². The molecule has 0 aliphatic carbocycles. The van der Waals surface area contributed by atoms with Crippen molar-refractivity contribution in [1.29, 1.82) is 0 Å². The summed E-state index contributed by atoms with van der Waals surface area (Å²) in [5.41, 5.74) is 6.14. The van der Waals surface area contributed by atoms with Crippen molar-refractivity contribution in [1.82, 2.24) is 15.4 Å². The Hall–Kier alpha value is -3.64. The number of aromatic nitrogens is 2. The third-order valence-electron chi connectivity index (χ3n) is 4.48. The summed E-state index contributed by atoms with van der Waals surface area (Å²) in [6.07, 6.45) is 1.66. The Balaban J connectivity index is 1.48. The molecule has 0 saturated heterocycles. The molecule has 0 saturated carbocycles. The molecule has 4 aromatic rings. The Morgan fingerprint density at radius 3 is 2.77 bits per heavy atom. The van der Waals surface area contributed by atoms with Gasteiger partial charge in [0.05, 0.1) is 28.4 Å². The molecule has 156 valence electrons. The maximum atomic E-state index is 12.5. The molecule has 0 unspecified atom stereocenters. The monoisotopic (exact) mass is 432 g/mol. The van der Waals surface area contributed by atoms with Gasteiger partial charge < -0.3 is 9.72 Å². The summed E-state index contributed by atoms with van der Waals surface area (Å²) in [6.45, 7) is 3.93. The predicted octanol–water partition coefficient (Wildman–Crippen LogP) is 5.43. The fraction of sp³-hybridized carbons (Fsp3) is 0.125. The van der Waals surface area contributed by atoms with E-state index in [1.54, 1.807) is 24.4 Å². The van der Waals surface area contributed by atoms with E-state index in [2.05, 4.69) is 20.5 Å². The van der Waals surface area contributed by atoms with Gasteiger partial charge in [-0.05, 0) is 61.9 Å². The number of fused-ring (bicyclic) bond motifs is 1. The quantitative estimate of drug-likeness (QED) is 0.314. The Morgan fingerprint density at radius 2 is 1.97 bits per heavy atom. The van der Waals surface area contributed by atoms with Crippen LogP contribution in [0.5, 0.6) is 5.75 Å². The minimum atomic E-state index is -0.318. The van der Waals surface area contributed by atoms with E-state index >= 15 is 0 Å². The second-order valence-corrected chi connectivity index (χ2v) is 7.64. The number of nitrogens with one attached hydrogen (secondary N) is 2. The van der Waals surface area contributed by atoms with Gasteiger partial charge in [-0.2, -0.15) is 5.10 Å². The van der Waals surface area contributed by atoms with Gasteiger partial charge in [0.2, 0.25) is 0 Å². The number of imidazole rings is 1. The molecule has 0 atom stereocenters. The Kier molecular flexibility index (Phi) is 6.00. The number of benzene rings is 3. The van der Waals surface area contributed by atoms with Gasteiger partial charge in [-0.3, -0.25) is 4.79 Å². The lowest BCUT2D eigenvalue weighted by Crippen LogP contribution is -2.17. The van der Waals surface area contributed by atoms with Gasteiger partial charge >= 0.3 is 0 Å². The minimum Gasteiger partial charge on any atom is -0.491 e. The van der Waals surface area contributed by atoms with Gasteiger partial charge in [0.15, 0.2) is 0 Å². The Labute approximate surface area is 184 Å². The zero-order chi connectivity index (χ0) is 21.8. The van der Waals surface area contributed by atoms with Crippen molar-refractivity contribution in [2.75, 3.05) is 0 Å². The first kappa shape index (κ1) is 20.6. The van der Waals surface area contributed by atoms with Crippen LogP contribution in [-0.2, 0) is 0 Å². The number of carbonyl (C=O) groups excluding carboxylic acids is 1. The molecule has 1 aromatic heterocycles. The van der Waals surface area contributed by atoms with E-state index in [9.17, 15) is 4.79 Å². The molecule has 4 rings (SSSR count). The van der Waals surface area contributed by atoms with Crippen LogP contribution in [-0.4, -0.2) is 28.2 Å². The van der Waals surface area contributed by atoms with Crippen molar-refractivity contribution < 1.29 is 9.53 Å². The number of amides is 1. The highest BCUT2D eigenvalue weighted by atomic mass is 35.5. The van der Waals surface area contributed by atoms with E-state index in [-0.39, 0.29) is 12.0 Å². The molecule has 0 spiro atoms. The lowest BCUT2D eigenvalue weighted by atomic mass is 10.2. The minimum absolute atomic E-state index is 0.0859. The van der Waals surface area contributed by atoms with Gasteiger partial charge in [0.25, 0.3) is 5.91 Å². The van der Waals surface area contributed by atoms with Crippen molar-refractivity contribution in [3.63, 3.8) is 0 Å². The molecule has 7 heteroatoms. The van der Waals surface area contributed by atoms with Crippen LogP contribution < -0.4 is 10.2 Å². The normalized spacial score (nSPS) is 11.4. The maximum absolute atomic E-state index is 12.5. The second-order valence-electron chi connectivity index (χ2n) is 7.24. The molecule has 6 nitrogen and oxygen atoms in total. The highest BCUT2D eigenvalue weighted by Gasteiger charge is 2.11. The molecule has 31 heavy (non-hydrogen) atoms. The number of H-pyrrole nitrogens is 1. The van der Waals surface area contributed by atoms with Gasteiger partial charge in [-0.25, -0.2) is 10.4 Å². The number of hydrogen-bond acceptors (Lipinski definition) is 4. The van der Waals surface area contributed by atoms with E-state index in [1.165, 1.54) is 0 Å². The van der Waals surface area contributed by atoms with Crippen molar-refractivity contribution >= 4 is 34.8 Å². The second kappa shape index (κ2) is 9.02. The number of carbonyl (C=O) groups is 1. The number of ether oxygens (including phenoxy) is 1. The zero-order valence-electron chi connectivity index (χ0n) is 17.1. The molecule has 0 bridgehead atoms. The van der Waals surface area contributed by atoms with Gasteiger partial charge in [-0.15, -0.1) is 0 Å². The number of aromatic amines is 1. The molecule has 0 radical (unpaired) electrons. The number of hydrazone groups is 1. The molecule has 0 aliphatic heterocycles. The summed E-state index contributed by atoms with van der Waals surface area (Å²) in [6, 6.07) is 20.2. The highest BCUT2D eigenvalue weighted by molar-refractivity contribution is 6.33. The van der Waals surface area contributed by atoms with Gasteiger partial charge in [0.1, 0.15) is 11.6 Å². The lowest BCUT2D eigenvalue weighted by Gasteiger charge is -2.09. The number of halogens is 1. The van der Waals surface area contributed by atoms with Crippen LogP contribution >= 0.6 is 11.6 Å². The summed E-state index contributed by atoms with van der Waals surface area (Å²) < 4.78 is 5.67. The summed E-state index contributed by atoms with van der Waals surface area (Å²) in [4.78, 5) is 20.3. The zero-order valence-corrected chi connectivity index (χ0v) is 17.9. The van der Waals surface area contributed by atoms with Crippen molar-refractivity contribution in [3.8, 4) is 17.1 Å². The van der Waals surface area contributed by atoms with Crippen molar-refractivity contribution in [2.45, 2.75) is 20.0 Å². The highest BCUT2D eigenvalue weighted by Crippen LogP contribution is 2.27. The number of hydrogen-bond donors (Lipinski definition) is 2. The molecule has 3 aromatic carbocycles. The lowest BCUT2D eigenvalue weighted by molar-refractivity contribution is 0.0955. The first-order valence-corrected chi connectivity index (χ1v) is 10.2. The van der Waals surface area contributed by atoms with Crippen molar-refractivity contribution in [2.24, 2.45) is 5.10 Å². The largest absolute Gasteiger partial charge is 0.491 e.